The van der Waals surface area contributed by atoms with E-state index in [9.17, 15) is 4.79 Å². The van der Waals surface area contributed by atoms with Gasteiger partial charge in [-0.2, -0.15) is 11.8 Å². The third-order valence-electron chi connectivity index (χ3n) is 3.04. The van der Waals surface area contributed by atoms with Gasteiger partial charge in [-0.25, -0.2) is 0 Å². The molecule has 1 amide bonds. The van der Waals surface area contributed by atoms with Crippen LogP contribution in [0.25, 0.3) is 0 Å². The van der Waals surface area contributed by atoms with Gasteiger partial charge >= 0.3 is 0 Å². The number of rotatable bonds is 7. The number of aromatic nitrogens is 2. The van der Waals surface area contributed by atoms with E-state index in [1.54, 1.807) is 17.8 Å². The first-order valence-corrected chi connectivity index (χ1v) is 8.16. The number of hydrogen-bond acceptors (Lipinski definition) is 6. The molecular weight excluding hydrogens is 276 g/mol. The third-order valence-corrected chi connectivity index (χ3v) is 3.65. The second kappa shape index (κ2) is 7.94. The summed E-state index contributed by atoms with van der Waals surface area (Å²) in [5, 5.41) is 10.9. The maximum Gasteiger partial charge on any atom is 0.258 e. The average Bonchev–Trinajstić information content (AvgIpc) is 3.00. The number of nitrogens with one attached hydrogen (secondary N) is 1. The van der Waals surface area contributed by atoms with E-state index in [1.165, 1.54) is 12.8 Å². The lowest BCUT2D eigenvalue weighted by atomic mass is 10.4. The van der Waals surface area contributed by atoms with Gasteiger partial charge in [0.1, 0.15) is 0 Å². The number of hydrogen-bond donors (Lipinski definition) is 1. The minimum atomic E-state index is -0.135. The van der Waals surface area contributed by atoms with Gasteiger partial charge in [0.15, 0.2) is 12.4 Å². The highest BCUT2D eigenvalue weighted by atomic mass is 32.2. The Morgan fingerprint density at radius 3 is 2.85 bits per heavy atom. The molecule has 2 heterocycles. The van der Waals surface area contributed by atoms with E-state index < -0.39 is 0 Å². The lowest BCUT2D eigenvalue weighted by Gasteiger charge is -2.15. The number of carbonyl (C=O) groups excluding carboxylic acids is 1. The predicted octanol–water partition coefficient (Wildman–Crippen LogP) is 0.935. The minimum Gasteiger partial charge on any atom is -0.466 e. The van der Waals surface area contributed by atoms with Crippen LogP contribution in [0.2, 0.25) is 0 Å². The molecule has 1 saturated heterocycles. The monoisotopic (exact) mass is 296 g/mol. The number of anilines is 1. The molecule has 110 valence electrons. The molecule has 1 aromatic rings. The largest absolute Gasteiger partial charge is 0.466 e. The molecular formula is C13H20N4O2S. The Kier molecular flexibility index (Phi) is 5.91. The number of ether oxygens (including phenoxy) is 1. The third kappa shape index (κ3) is 4.56. The topological polar surface area (TPSA) is 67.3 Å². The van der Waals surface area contributed by atoms with Crippen LogP contribution in [0, 0.1) is 0 Å². The summed E-state index contributed by atoms with van der Waals surface area (Å²) in [5.74, 6) is 2.02. The lowest BCUT2D eigenvalue weighted by molar-refractivity contribution is -0.123. The van der Waals surface area contributed by atoms with Gasteiger partial charge in [-0.05, 0) is 25.2 Å². The Balaban J connectivity index is 1.74. The molecule has 1 aromatic heterocycles. The average molecular weight is 296 g/mol. The fraction of sp³-hybridized carbons (Fsp3) is 0.615. The number of nitrogens with zero attached hydrogens (tertiary/aromatic N) is 3. The molecule has 20 heavy (non-hydrogen) atoms. The van der Waals surface area contributed by atoms with Crippen LogP contribution in [0.5, 0.6) is 5.88 Å². The van der Waals surface area contributed by atoms with Crippen molar-refractivity contribution in [3.63, 3.8) is 0 Å². The van der Waals surface area contributed by atoms with Crippen LogP contribution >= 0.6 is 11.8 Å². The number of carbonyl (C=O) groups is 1. The van der Waals surface area contributed by atoms with Crippen LogP contribution in [0.3, 0.4) is 0 Å². The fourth-order valence-corrected chi connectivity index (χ4v) is 2.29. The van der Waals surface area contributed by atoms with Crippen LogP contribution in [0.1, 0.15) is 12.8 Å². The first kappa shape index (κ1) is 14.9. The normalized spacial score (nSPS) is 14.3. The van der Waals surface area contributed by atoms with Crippen LogP contribution < -0.4 is 15.0 Å². The van der Waals surface area contributed by atoms with Gasteiger partial charge in [-0.1, -0.05) is 0 Å². The quantitative estimate of drug-likeness (QED) is 0.755. The van der Waals surface area contributed by atoms with E-state index in [0.29, 0.717) is 12.4 Å². The van der Waals surface area contributed by atoms with Gasteiger partial charge < -0.3 is 15.0 Å². The molecule has 0 radical (unpaired) electrons. The molecule has 2 rings (SSSR count). The Morgan fingerprint density at radius 1 is 1.40 bits per heavy atom. The summed E-state index contributed by atoms with van der Waals surface area (Å²) >= 11 is 1.69. The van der Waals surface area contributed by atoms with Gasteiger partial charge in [0, 0.05) is 31.5 Å². The molecule has 0 aromatic carbocycles. The first-order valence-electron chi connectivity index (χ1n) is 6.76. The highest BCUT2D eigenvalue weighted by molar-refractivity contribution is 7.98. The van der Waals surface area contributed by atoms with Crippen LogP contribution in [-0.2, 0) is 4.79 Å². The van der Waals surface area contributed by atoms with Crippen molar-refractivity contribution in [3.8, 4) is 5.88 Å². The second-order valence-electron chi connectivity index (χ2n) is 4.56. The molecule has 1 aliphatic rings. The van der Waals surface area contributed by atoms with Crippen molar-refractivity contribution < 1.29 is 9.53 Å². The van der Waals surface area contributed by atoms with Crippen molar-refractivity contribution >= 4 is 23.5 Å². The Morgan fingerprint density at radius 2 is 2.20 bits per heavy atom. The van der Waals surface area contributed by atoms with E-state index >= 15 is 0 Å². The molecule has 0 atom stereocenters. The van der Waals surface area contributed by atoms with Crippen LogP contribution in [0.4, 0.5) is 5.82 Å². The molecule has 1 aliphatic heterocycles. The highest BCUT2D eigenvalue weighted by Gasteiger charge is 2.14. The fourth-order valence-electron chi connectivity index (χ4n) is 1.99. The summed E-state index contributed by atoms with van der Waals surface area (Å²) in [7, 11) is 0. The zero-order valence-electron chi connectivity index (χ0n) is 11.7. The van der Waals surface area contributed by atoms with E-state index in [2.05, 4.69) is 20.4 Å². The molecule has 6 nitrogen and oxygen atoms in total. The lowest BCUT2D eigenvalue weighted by Crippen LogP contribution is -2.30. The SMILES string of the molecule is CSCCNC(=O)COc1ccc(N2CCCC2)nn1. The Bertz CT molecular complexity index is 421. The van der Waals surface area contributed by atoms with Crippen LogP contribution in [0.15, 0.2) is 12.1 Å². The predicted molar refractivity (Wildman–Crippen MR) is 80.4 cm³/mol. The van der Waals surface area contributed by atoms with Gasteiger partial charge in [-0.3, -0.25) is 4.79 Å². The summed E-state index contributed by atoms with van der Waals surface area (Å²) < 4.78 is 5.31. The van der Waals surface area contributed by atoms with Crippen molar-refractivity contribution in [2.45, 2.75) is 12.8 Å². The van der Waals surface area contributed by atoms with Gasteiger partial charge in [0.25, 0.3) is 5.91 Å². The van der Waals surface area contributed by atoms with Crippen molar-refractivity contribution in [2.75, 3.05) is 43.1 Å². The smallest absolute Gasteiger partial charge is 0.258 e. The standard InChI is InChI=1S/C13H20N4O2S/c1-20-9-6-14-12(18)10-19-13-5-4-11(15-16-13)17-7-2-3-8-17/h4-5H,2-3,6-10H2,1H3,(H,14,18). The van der Waals surface area contributed by atoms with E-state index in [-0.39, 0.29) is 12.5 Å². The van der Waals surface area contributed by atoms with Gasteiger partial charge in [-0.15, -0.1) is 10.2 Å². The molecule has 0 saturated carbocycles. The summed E-state index contributed by atoms with van der Waals surface area (Å²) in [4.78, 5) is 13.7. The first-order chi connectivity index (χ1) is 9.79. The van der Waals surface area contributed by atoms with Crippen LogP contribution in [-0.4, -0.2) is 54.4 Å². The summed E-state index contributed by atoms with van der Waals surface area (Å²) in [6.07, 6.45) is 4.41. The zero-order valence-corrected chi connectivity index (χ0v) is 12.5. The van der Waals surface area contributed by atoms with Crippen molar-refractivity contribution in [1.82, 2.24) is 15.5 Å². The molecule has 1 N–H and O–H groups in total. The summed E-state index contributed by atoms with van der Waals surface area (Å²) in [6.45, 7) is 2.70. The van der Waals surface area contributed by atoms with E-state index in [4.69, 9.17) is 4.74 Å². The van der Waals surface area contributed by atoms with Crippen molar-refractivity contribution in [1.29, 1.82) is 0 Å². The van der Waals surface area contributed by atoms with Gasteiger partial charge in [0.05, 0.1) is 0 Å². The number of amides is 1. The minimum absolute atomic E-state index is 0.0217. The summed E-state index contributed by atoms with van der Waals surface area (Å²) in [5.41, 5.74) is 0. The number of thioether (sulfide) groups is 1. The highest BCUT2D eigenvalue weighted by Crippen LogP contribution is 2.18. The maximum atomic E-state index is 11.5. The molecule has 1 fully saturated rings. The van der Waals surface area contributed by atoms with Crippen molar-refractivity contribution in [3.05, 3.63) is 12.1 Å². The van der Waals surface area contributed by atoms with E-state index in [0.717, 1.165) is 24.7 Å². The Labute approximate surface area is 123 Å². The molecule has 0 spiro atoms. The van der Waals surface area contributed by atoms with Crippen molar-refractivity contribution in [2.24, 2.45) is 0 Å². The summed E-state index contributed by atoms with van der Waals surface area (Å²) in [6, 6.07) is 3.65. The molecule has 7 heteroatoms. The van der Waals surface area contributed by atoms with E-state index in [1.807, 2.05) is 12.3 Å². The zero-order chi connectivity index (χ0) is 14.2. The molecule has 0 aliphatic carbocycles. The Hall–Kier alpha value is -1.50. The maximum absolute atomic E-state index is 11.5. The van der Waals surface area contributed by atoms with Gasteiger partial charge in [0.2, 0.25) is 5.88 Å². The second-order valence-corrected chi connectivity index (χ2v) is 5.54. The molecule has 0 unspecified atom stereocenters. The molecule has 0 bridgehead atoms.